The van der Waals surface area contributed by atoms with Gasteiger partial charge in [-0.05, 0) is 11.6 Å². The van der Waals surface area contributed by atoms with Crippen molar-refractivity contribution in [2.24, 2.45) is 0 Å². The monoisotopic (exact) mass is 306 g/mol. The highest BCUT2D eigenvalue weighted by Crippen LogP contribution is 2.46. The van der Waals surface area contributed by atoms with Crippen molar-refractivity contribution in [2.45, 2.75) is 18.8 Å². The molecule has 0 bridgehead atoms. The molecule has 9 heteroatoms. The quantitative estimate of drug-likeness (QED) is 0.687. The molecule has 2 nitrogen and oxygen atoms in total. The second-order valence-corrected chi connectivity index (χ2v) is 6.10. The highest BCUT2D eigenvalue weighted by molar-refractivity contribution is 7.66. The molecule has 1 atom stereocenters. The molecule has 0 saturated heterocycles. The van der Waals surface area contributed by atoms with Gasteiger partial charge >= 0.3 is 12.4 Å². The lowest BCUT2D eigenvalue weighted by atomic mass is 10.1. The summed E-state index contributed by atoms with van der Waals surface area (Å²) in [4.78, 5) is 9.37. The topological polar surface area (TPSA) is 37.3 Å². The van der Waals surface area contributed by atoms with Crippen LogP contribution in [0.5, 0.6) is 0 Å². The third-order valence-electron chi connectivity index (χ3n) is 2.15. The summed E-state index contributed by atoms with van der Waals surface area (Å²) in [6.07, 6.45) is -13.2. The maximum atomic E-state index is 12.3. The first-order valence-corrected chi connectivity index (χ1v) is 6.79. The Balaban J connectivity index is 3.16. The Morgan fingerprint density at radius 3 is 2.00 bits per heavy atom. The first-order chi connectivity index (χ1) is 8.41. The van der Waals surface area contributed by atoms with Gasteiger partial charge in [-0.3, -0.25) is 4.57 Å². The fourth-order valence-electron chi connectivity index (χ4n) is 1.55. The highest BCUT2D eigenvalue weighted by atomic mass is 31.2. The second kappa shape index (κ2) is 5.17. The second-order valence-electron chi connectivity index (χ2n) is 3.90. The van der Waals surface area contributed by atoms with Crippen molar-refractivity contribution in [1.82, 2.24) is 0 Å². The number of alkyl halides is 6. The minimum absolute atomic E-state index is 0.620. The average Bonchev–Trinajstić information content (AvgIpc) is 2.11. The van der Waals surface area contributed by atoms with Crippen LogP contribution in [0.25, 0.3) is 0 Å². The molecule has 108 valence electrons. The first kappa shape index (κ1) is 16.0. The predicted octanol–water partition coefficient (Wildman–Crippen LogP) is 3.25. The van der Waals surface area contributed by atoms with Gasteiger partial charge in [-0.1, -0.05) is 18.2 Å². The SMILES string of the molecule is O=P(O)(CC(F)(F)F)c1ccccc1CC(F)(F)F. The molecule has 0 spiro atoms. The Morgan fingerprint density at radius 1 is 1.00 bits per heavy atom. The normalized spacial score (nSPS) is 16.2. The van der Waals surface area contributed by atoms with Crippen LogP contribution in [0, 0.1) is 0 Å². The standard InChI is InChI=1S/C10H9F6O2P/c11-9(12,13)5-7-3-1-2-4-8(7)19(17,18)6-10(14,15)16/h1-4H,5-6H2,(H,17,18). The van der Waals surface area contributed by atoms with Gasteiger partial charge < -0.3 is 4.89 Å². The Hall–Kier alpha value is -1.01. The van der Waals surface area contributed by atoms with Gasteiger partial charge in [0.1, 0.15) is 6.16 Å². The average molecular weight is 306 g/mol. The van der Waals surface area contributed by atoms with Crippen molar-refractivity contribution < 1.29 is 35.8 Å². The number of benzene rings is 1. The van der Waals surface area contributed by atoms with Crippen molar-refractivity contribution in [3.63, 3.8) is 0 Å². The molecular formula is C10H9F6O2P. The summed E-state index contributed by atoms with van der Waals surface area (Å²) in [5.41, 5.74) is -0.620. The Kier molecular flexibility index (Phi) is 4.37. The molecule has 1 aromatic rings. The molecule has 1 rings (SSSR count). The number of hydrogen-bond donors (Lipinski definition) is 1. The molecule has 0 amide bonds. The number of rotatable bonds is 3. The summed E-state index contributed by atoms with van der Waals surface area (Å²) < 4.78 is 84.8. The lowest BCUT2D eigenvalue weighted by molar-refractivity contribution is -0.127. The zero-order chi connectivity index (χ0) is 14.9. The van der Waals surface area contributed by atoms with Gasteiger partial charge in [-0.25, -0.2) is 0 Å². The smallest absolute Gasteiger partial charge is 0.341 e. The van der Waals surface area contributed by atoms with Gasteiger partial charge in [0.15, 0.2) is 0 Å². The molecule has 0 radical (unpaired) electrons. The lowest BCUT2D eigenvalue weighted by Crippen LogP contribution is -2.24. The molecule has 19 heavy (non-hydrogen) atoms. The minimum atomic E-state index is -4.93. The van der Waals surface area contributed by atoms with Crippen molar-refractivity contribution >= 4 is 12.7 Å². The molecule has 0 fully saturated rings. The van der Waals surface area contributed by atoms with E-state index in [-0.39, 0.29) is 0 Å². The van der Waals surface area contributed by atoms with E-state index in [0.29, 0.717) is 0 Å². The largest absolute Gasteiger partial charge is 0.398 e. The van der Waals surface area contributed by atoms with Crippen molar-refractivity contribution in [3.05, 3.63) is 29.8 Å². The van der Waals surface area contributed by atoms with Crippen LogP contribution in [-0.4, -0.2) is 23.4 Å². The molecule has 0 saturated carbocycles. The molecular weight excluding hydrogens is 297 g/mol. The Morgan fingerprint density at radius 2 is 1.53 bits per heavy atom. The third kappa shape index (κ3) is 5.24. The van der Waals surface area contributed by atoms with Gasteiger partial charge in [0, 0.05) is 5.30 Å². The summed E-state index contributed by atoms with van der Waals surface area (Å²) >= 11 is 0. The maximum absolute atomic E-state index is 12.3. The van der Waals surface area contributed by atoms with E-state index >= 15 is 0 Å². The van der Waals surface area contributed by atoms with Crippen LogP contribution in [0.2, 0.25) is 0 Å². The molecule has 0 heterocycles. The summed E-state index contributed by atoms with van der Waals surface area (Å²) in [7, 11) is -4.92. The summed E-state index contributed by atoms with van der Waals surface area (Å²) in [6.45, 7) is 0. The van der Waals surface area contributed by atoms with Crippen molar-refractivity contribution in [3.8, 4) is 0 Å². The van der Waals surface area contributed by atoms with Crippen LogP contribution in [0.15, 0.2) is 24.3 Å². The minimum Gasteiger partial charge on any atom is -0.341 e. The van der Waals surface area contributed by atoms with Crippen molar-refractivity contribution in [2.75, 3.05) is 6.16 Å². The fraction of sp³-hybridized carbons (Fsp3) is 0.400. The summed E-state index contributed by atoms with van der Waals surface area (Å²) in [6, 6.07) is 3.99. The van der Waals surface area contributed by atoms with E-state index in [1.807, 2.05) is 0 Å². The molecule has 1 unspecified atom stereocenters. The Labute approximate surface area is 104 Å². The molecule has 0 aliphatic heterocycles. The first-order valence-electron chi connectivity index (χ1n) is 4.94. The van der Waals surface area contributed by atoms with E-state index in [1.54, 1.807) is 0 Å². The maximum Gasteiger partial charge on any atom is 0.398 e. The van der Waals surface area contributed by atoms with Gasteiger partial charge in [-0.2, -0.15) is 26.3 Å². The van der Waals surface area contributed by atoms with Crippen LogP contribution in [0.4, 0.5) is 26.3 Å². The van der Waals surface area contributed by atoms with E-state index in [4.69, 9.17) is 0 Å². The zero-order valence-electron chi connectivity index (χ0n) is 9.29. The summed E-state index contributed by atoms with van der Waals surface area (Å²) in [5.74, 6) is 0. The van der Waals surface area contributed by atoms with Crippen molar-refractivity contribution in [1.29, 1.82) is 0 Å². The van der Waals surface area contributed by atoms with E-state index < -0.39 is 43.2 Å². The number of halogens is 6. The third-order valence-corrected chi connectivity index (χ3v) is 4.13. The predicted molar refractivity (Wildman–Crippen MR) is 56.6 cm³/mol. The van der Waals surface area contributed by atoms with E-state index in [9.17, 15) is 35.8 Å². The van der Waals surface area contributed by atoms with Gasteiger partial charge in [0.2, 0.25) is 7.37 Å². The lowest BCUT2D eigenvalue weighted by Gasteiger charge is -2.18. The van der Waals surface area contributed by atoms with Gasteiger partial charge in [-0.15, -0.1) is 0 Å². The molecule has 1 N–H and O–H groups in total. The van der Waals surface area contributed by atoms with Crippen LogP contribution in [0.1, 0.15) is 5.56 Å². The van der Waals surface area contributed by atoms with E-state index in [0.717, 1.165) is 24.3 Å². The van der Waals surface area contributed by atoms with Crippen LogP contribution in [0.3, 0.4) is 0 Å². The number of hydrogen-bond acceptors (Lipinski definition) is 1. The van der Waals surface area contributed by atoms with Crippen LogP contribution < -0.4 is 5.30 Å². The molecule has 0 aliphatic carbocycles. The van der Waals surface area contributed by atoms with E-state index in [1.165, 1.54) is 0 Å². The molecule has 1 aromatic carbocycles. The van der Waals surface area contributed by atoms with Crippen LogP contribution in [-0.2, 0) is 11.0 Å². The van der Waals surface area contributed by atoms with E-state index in [2.05, 4.69) is 0 Å². The Bertz CT molecular complexity index is 494. The highest BCUT2D eigenvalue weighted by Gasteiger charge is 2.41. The molecule has 0 aromatic heterocycles. The summed E-state index contributed by atoms with van der Waals surface area (Å²) in [5, 5.41) is -0.801. The van der Waals surface area contributed by atoms with Crippen LogP contribution >= 0.6 is 7.37 Å². The fourth-order valence-corrected chi connectivity index (χ4v) is 3.12. The van der Waals surface area contributed by atoms with Gasteiger partial charge in [0.25, 0.3) is 0 Å². The zero-order valence-corrected chi connectivity index (χ0v) is 10.2. The molecule has 0 aliphatic rings. The van der Waals surface area contributed by atoms with Gasteiger partial charge in [0.05, 0.1) is 6.42 Å².